The van der Waals surface area contributed by atoms with Gasteiger partial charge in [0, 0.05) is 18.6 Å². The monoisotopic (exact) mass is 252 g/mol. The Bertz CT molecular complexity index is 215. The van der Waals surface area contributed by atoms with Crippen molar-refractivity contribution >= 4 is 0 Å². The average molecular weight is 252 g/mol. The summed E-state index contributed by atoms with van der Waals surface area (Å²) in [6.45, 7) is 8.60. The predicted molar refractivity (Wildman–Crippen MR) is 78.9 cm³/mol. The summed E-state index contributed by atoms with van der Waals surface area (Å²) in [5.74, 6) is 0.810. The summed E-state index contributed by atoms with van der Waals surface area (Å²) < 4.78 is 0. The summed E-state index contributed by atoms with van der Waals surface area (Å²) in [4.78, 5) is 2.80. The van der Waals surface area contributed by atoms with E-state index in [0.717, 1.165) is 18.0 Å². The van der Waals surface area contributed by atoms with Crippen LogP contribution in [0.1, 0.15) is 65.2 Å². The van der Waals surface area contributed by atoms with Gasteiger partial charge >= 0.3 is 0 Å². The van der Waals surface area contributed by atoms with Gasteiger partial charge < -0.3 is 10.2 Å². The molecule has 1 unspecified atom stereocenters. The average Bonchev–Trinajstić information content (AvgIpc) is 2.89. The van der Waals surface area contributed by atoms with Crippen molar-refractivity contribution < 1.29 is 0 Å². The molecule has 0 aromatic heterocycles. The van der Waals surface area contributed by atoms with E-state index in [1.165, 1.54) is 71.0 Å². The van der Waals surface area contributed by atoms with E-state index in [1.54, 1.807) is 0 Å². The van der Waals surface area contributed by atoms with Crippen LogP contribution in [-0.2, 0) is 0 Å². The maximum atomic E-state index is 3.69. The van der Waals surface area contributed by atoms with E-state index in [-0.39, 0.29) is 0 Å². The molecule has 1 heterocycles. The summed E-state index contributed by atoms with van der Waals surface area (Å²) in [6.07, 6.45) is 11.4. The number of hydrogen-bond donors (Lipinski definition) is 1. The lowest BCUT2D eigenvalue weighted by Gasteiger charge is -2.33. The molecule has 0 bridgehead atoms. The maximum absolute atomic E-state index is 3.69. The fourth-order valence-electron chi connectivity index (χ4n) is 3.65. The molecule has 0 aromatic carbocycles. The van der Waals surface area contributed by atoms with Gasteiger partial charge in [0.25, 0.3) is 0 Å². The topological polar surface area (TPSA) is 15.3 Å². The van der Waals surface area contributed by atoms with Crippen molar-refractivity contribution in [2.24, 2.45) is 5.92 Å². The van der Waals surface area contributed by atoms with E-state index >= 15 is 0 Å². The molecule has 1 saturated heterocycles. The third-order valence-corrected chi connectivity index (χ3v) is 4.62. The van der Waals surface area contributed by atoms with E-state index in [1.807, 2.05) is 0 Å². The molecule has 1 atom stereocenters. The van der Waals surface area contributed by atoms with Gasteiger partial charge in [0.15, 0.2) is 0 Å². The van der Waals surface area contributed by atoms with Crippen LogP contribution in [0, 0.1) is 5.92 Å². The van der Waals surface area contributed by atoms with E-state index < -0.39 is 0 Å². The molecule has 2 rings (SSSR count). The van der Waals surface area contributed by atoms with E-state index in [2.05, 4.69) is 24.1 Å². The van der Waals surface area contributed by atoms with Gasteiger partial charge in [0.2, 0.25) is 0 Å². The van der Waals surface area contributed by atoms with Gasteiger partial charge in [-0.15, -0.1) is 0 Å². The van der Waals surface area contributed by atoms with Crippen LogP contribution >= 0.6 is 0 Å². The molecule has 0 aromatic rings. The van der Waals surface area contributed by atoms with Crippen LogP contribution < -0.4 is 5.32 Å². The van der Waals surface area contributed by atoms with Crippen LogP contribution in [-0.4, -0.2) is 36.6 Å². The molecule has 18 heavy (non-hydrogen) atoms. The Hall–Kier alpha value is -0.0800. The van der Waals surface area contributed by atoms with Crippen molar-refractivity contribution in [2.45, 2.75) is 77.3 Å². The lowest BCUT2D eigenvalue weighted by Crippen LogP contribution is -2.41. The molecule has 0 spiro atoms. The normalized spacial score (nSPS) is 26.3. The number of hydrogen-bond acceptors (Lipinski definition) is 2. The molecule has 1 aliphatic carbocycles. The molecule has 106 valence electrons. The van der Waals surface area contributed by atoms with Crippen molar-refractivity contribution in [3.05, 3.63) is 0 Å². The van der Waals surface area contributed by atoms with Gasteiger partial charge in [-0.1, -0.05) is 33.1 Å². The first-order valence-corrected chi connectivity index (χ1v) is 8.23. The molecule has 2 aliphatic rings. The quantitative estimate of drug-likeness (QED) is 0.779. The third-order valence-electron chi connectivity index (χ3n) is 4.62. The highest BCUT2D eigenvalue weighted by molar-refractivity contribution is 4.80. The third kappa shape index (κ3) is 4.55. The van der Waals surface area contributed by atoms with Gasteiger partial charge in [-0.3, -0.25) is 0 Å². The molecule has 1 saturated carbocycles. The van der Waals surface area contributed by atoms with E-state index in [0.29, 0.717) is 0 Å². The van der Waals surface area contributed by atoms with Crippen LogP contribution in [0.3, 0.4) is 0 Å². The Morgan fingerprint density at radius 2 is 1.78 bits per heavy atom. The second kappa shape index (κ2) is 7.49. The van der Waals surface area contributed by atoms with Crippen LogP contribution in [0.15, 0.2) is 0 Å². The summed E-state index contributed by atoms with van der Waals surface area (Å²) in [5.41, 5.74) is 0. The zero-order chi connectivity index (χ0) is 12.8. The summed E-state index contributed by atoms with van der Waals surface area (Å²) in [5, 5.41) is 3.69. The lowest BCUT2D eigenvalue weighted by molar-refractivity contribution is 0.165. The Balaban J connectivity index is 1.76. The maximum Gasteiger partial charge on any atom is 0.00953 e. The Labute approximate surface area is 114 Å². The highest BCUT2D eigenvalue weighted by Gasteiger charge is 2.24. The molecule has 1 aliphatic heterocycles. The lowest BCUT2D eigenvalue weighted by atomic mass is 10.0. The zero-order valence-electron chi connectivity index (χ0n) is 12.5. The van der Waals surface area contributed by atoms with Crippen LogP contribution in [0.5, 0.6) is 0 Å². The number of piperidine rings is 1. The molecule has 0 amide bonds. The molecule has 2 heteroatoms. The summed E-state index contributed by atoms with van der Waals surface area (Å²) in [6, 6.07) is 1.70. The Morgan fingerprint density at radius 1 is 1.06 bits per heavy atom. The fourth-order valence-corrected chi connectivity index (χ4v) is 3.65. The molecular formula is C16H32N2. The number of nitrogens with one attached hydrogen (secondary N) is 1. The Kier molecular flexibility index (Phi) is 5.97. The molecule has 0 radical (unpaired) electrons. The van der Waals surface area contributed by atoms with Crippen molar-refractivity contribution in [3.8, 4) is 0 Å². The smallest absolute Gasteiger partial charge is 0.00953 e. The largest absolute Gasteiger partial charge is 0.314 e. The van der Waals surface area contributed by atoms with Crippen molar-refractivity contribution in [2.75, 3.05) is 19.6 Å². The first-order chi connectivity index (χ1) is 8.75. The molecule has 1 N–H and O–H groups in total. The van der Waals surface area contributed by atoms with Crippen LogP contribution in [0.2, 0.25) is 0 Å². The van der Waals surface area contributed by atoms with E-state index in [9.17, 15) is 0 Å². The first-order valence-electron chi connectivity index (χ1n) is 8.23. The van der Waals surface area contributed by atoms with Crippen molar-refractivity contribution in [1.29, 1.82) is 0 Å². The summed E-state index contributed by atoms with van der Waals surface area (Å²) >= 11 is 0. The summed E-state index contributed by atoms with van der Waals surface area (Å²) in [7, 11) is 0. The van der Waals surface area contributed by atoms with Gasteiger partial charge in [0.1, 0.15) is 0 Å². The van der Waals surface area contributed by atoms with Gasteiger partial charge in [0.05, 0.1) is 0 Å². The predicted octanol–water partition coefficient (Wildman–Crippen LogP) is 3.42. The second-order valence-corrected chi connectivity index (χ2v) is 6.76. The zero-order valence-corrected chi connectivity index (χ0v) is 12.5. The minimum absolute atomic E-state index is 0.801. The van der Waals surface area contributed by atoms with Gasteiger partial charge in [-0.25, -0.2) is 0 Å². The van der Waals surface area contributed by atoms with E-state index in [4.69, 9.17) is 0 Å². The minimum Gasteiger partial charge on any atom is -0.314 e. The second-order valence-electron chi connectivity index (χ2n) is 6.76. The number of rotatable bonds is 6. The van der Waals surface area contributed by atoms with Crippen molar-refractivity contribution in [1.82, 2.24) is 10.2 Å². The highest BCUT2D eigenvalue weighted by Crippen LogP contribution is 2.25. The van der Waals surface area contributed by atoms with Gasteiger partial charge in [-0.05, 0) is 51.1 Å². The minimum atomic E-state index is 0.801. The molecular weight excluding hydrogens is 220 g/mol. The first kappa shape index (κ1) is 14.3. The Morgan fingerprint density at radius 3 is 2.39 bits per heavy atom. The standard InChI is InChI=1S/C16H32N2/c1-14(2)13-18(16-8-3-4-9-16)12-10-15-7-5-6-11-17-15/h14-17H,3-13H2,1-2H3. The molecule has 2 nitrogen and oxygen atoms in total. The van der Waals surface area contributed by atoms with Crippen LogP contribution in [0.25, 0.3) is 0 Å². The fraction of sp³-hybridized carbons (Fsp3) is 1.00. The van der Waals surface area contributed by atoms with Gasteiger partial charge in [-0.2, -0.15) is 0 Å². The molecule has 2 fully saturated rings. The number of nitrogens with zero attached hydrogens (tertiary/aromatic N) is 1. The van der Waals surface area contributed by atoms with Crippen molar-refractivity contribution in [3.63, 3.8) is 0 Å². The highest BCUT2D eigenvalue weighted by atomic mass is 15.2. The van der Waals surface area contributed by atoms with Crippen LogP contribution in [0.4, 0.5) is 0 Å². The SMILES string of the molecule is CC(C)CN(CCC1CCCCN1)C1CCCC1.